The molecule has 8 heteroatoms. The van der Waals surface area contributed by atoms with Crippen molar-refractivity contribution in [2.45, 2.75) is 18.6 Å². The van der Waals surface area contributed by atoms with Crippen molar-refractivity contribution >= 4 is 16.6 Å². The number of hydrogen-bond acceptors (Lipinski definition) is 6. The lowest BCUT2D eigenvalue weighted by Gasteiger charge is -2.32. The summed E-state index contributed by atoms with van der Waals surface area (Å²) in [5, 5.41) is 13.3. The molecular weight excluding hydrogens is 364 g/mol. The molecule has 0 unspecified atom stereocenters. The third-order valence-corrected chi connectivity index (χ3v) is 4.94. The van der Waals surface area contributed by atoms with Gasteiger partial charge in [-0.05, 0) is 25.2 Å². The normalized spacial score (nSPS) is 20.3. The number of likely N-dealkylation sites (N-methyl/N-ethyl adjacent to an activating group) is 1. The number of nitrogens with one attached hydrogen (secondary N) is 1. The maximum absolute atomic E-state index is 14.6. The van der Waals surface area contributed by atoms with Gasteiger partial charge in [0.05, 0.1) is 7.11 Å². The molecule has 0 spiro atoms. The summed E-state index contributed by atoms with van der Waals surface area (Å²) in [4.78, 5) is 6.12. The predicted octanol–water partition coefficient (Wildman–Crippen LogP) is 3.29. The lowest BCUT2D eigenvalue weighted by atomic mass is 10.0. The van der Waals surface area contributed by atoms with Crippen molar-refractivity contribution in [1.29, 1.82) is 0 Å². The summed E-state index contributed by atoms with van der Waals surface area (Å²) >= 11 is 0. The molecule has 1 saturated heterocycles. The molecule has 0 radical (unpaired) electrons. The van der Waals surface area contributed by atoms with Gasteiger partial charge in [-0.25, -0.2) is 8.78 Å². The molecule has 28 heavy (non-hydrogen) atoms. The van der Waals surface area contributed by atoms with E-state index in [2.05, 4.69) is 20.5 Å². The number of pyridine rings is 1. The lowest BCUT2D eigenvalue weighted by Crippen LogP contribution is -2.45. The number of aromatic nitrogens is 3. The molecule has 3 aromatic rings. The lowest BCUT2D eigenvalue weighted by molar-refractivity contribution is 0.153. The highest BCUT2D eigenvalue weighted by Gasteiger charge is 2.26. The van der Waals surface area contributed by atoms with Crippen molar-refractivity contribution in [1.82, 2.24) is 20.1 Å². The molecule has 2 atom stereocenters. The number of rotatable bonds is 4. The Bertz CT molecular complexity index is 989. The highest BCUT2D eigenvalue weighted by atomic mass is 19.1. The quantitative estimate of drug-likeness (QED) is 0.744. The second-order valence-corrected chi connectivity index (χ2v) is 7.06. The average Bonchev–Trinajstić information content (AvgIpc) is 2.68. The van der Waals surface area contributed by atoms with Crippen molar-refractivity contribution < 1.29 is 13.5 Å². The van der Waals surface area contributed by atoms with E-state index < -0.39 is 12.0 Å². The summed E-state index contributed by atoms with van der Waals surface area (Å²) in [5.74, 6) is 0.510. The molecule has 1 fully saturated rings. The van der Waals surface area contributed by atoms with Crippen LogP contribution in [0.1, 0.15) is 6.42 Å². The van der Waals surface area contributed by atoms with Gasteiger partial charge in [-0.3, -0.25) is 4.98 Å². The van der Waals surface area contributed by atoms with Gasteiger partial charge in [0.1, 0.15) is 23.4 Å². The fourth-order valence-corrected chi connectivity index (χ4v) is 3.66. The molecule has 1 aliphatic heterocycles. The number of alkyl halides is 1. The topological polar surface area (TPSA) is 63.2 Å². The zero-order chi connectivity index (χ0) is 19.7. The maximum Gasteiger partial charge on any atom is 0.158 e. The van der Waals surface area contributed by atoms with Crippen molar-refractivity contribution in [2.75, 3.05) is 32.6 Å². The Kier molecular flexibility index (Phi) is 5.04. The van der Waals surface area contributed by atoms with Gasteiger partial charge in [0.25, 0.3) is 0 Å². The Hall–Kier alpha value is -2.87. The molecule has 0 aliphatic carbocycles. The SMILES string of the molecule is COc1ccc(-c2nnc(N[C@@H]3C[C@@H](F)CN(C)C3)c3cnccc23)c(F)c1. The number of nitrogens with zero attached hydrogens (tertiary/aromatic N) is 4. The summed E-state index contributed by atoms with van der Waals surface area (Å²) in [5.41, 5.74) is 0.754. The number of ether oxygens (including phenoxy) is 1. The second-order valence-electron chi connectivity index (χ2n) is 7.06. The van der Waals surface area contributed by atoms with Crippen LogP contribution in [-0.4, -0.2) is 59.5 Å². The minimum Gasteiger partial charge on any atom is -0.497 e. The van der Waals surface area contributed by atoms with Crippen LogP contribution in [-0.2, 0) is 0 Å². The first-order chi connectivity index (χ1) is 13.5. The van der Waals surface area contributed by atoms with E-state index in [1.807, 2.05) is 11.9 Å². The van der Waals surface area contributed by atoms with Crippen molar-refractivity contribution in [3.05, 3.63) is 42.5 Å². The summed E-state index contributed by atoms with van der Waals surface area (Å²) in [6.07, 6.45) is 2.81. The molecule has 0 saturated carbocycles. The Labute approximate surface area is 161 Å². The van der Waals surface area contributed by atoms with Gasteiger partial charge >= 0.3 is 0 Å². The fraction of sp³-hybridized carbons (Fsp3) is 0.350. The second kappa shape index (κ2) is 7.63. The van der Waals surface area contributed by atoms with Crippen LogP contribution in [0.3, 0.4) is 0 Å². The van der Waals surface area contributed by atoms with Crippen LogP contribution in [0, 0.1) is 5.82 Å². The zero-order valence-electron chi connectivity index (χ0n) is 15.7. The van der Waals surface area contributed by atoms with Crippen molar-refractivity contribution in [3.8, 4) is 17.0 Å². The van der Waals surface area contributed by atoms with E-state index in [0.717, 1.165) is 5.39 Å². The molecule has 1 N–H and O–H groups in total. The van der Waals surface area contributed by atoms with Crippen LogP contribution < -0.4 is 10.1 Å². The number of halogens is 2. The van der Waals surface area contributed by atoms with E-state index >= 15 is 0 Å². The third kappa shape index (κ3) is 3.60. The molecule has 1 aromatic carbocycles. The third-order valence-electron chi connectivity index (χ3n) is 4.94. The predicted molar refractivity (Wildman–Crippen MR) is 104 cm³/mol. The number of anilines is 1. The van der Waals surface area contributed by atoms with Gasteiger partial charge < -0.3 is 15.0 Å². The first-order valence-corrected chi connectivity index (χ1v) is 9.08. The number of piperidine rings is 1. The Morgan fingerprint density at radius 3 is 2.79 bits per heavy atom. The van der Waals surface area contributed by atoms with E-state index in [0.29, 0.717) is 47.7 Å². The van der Waals surface area contributed by atoms with Gasteiger partial charge in [-0.2, -0.15) is 0 Å². The number of methoxy groups -OCH3 is 1. The molecule has 6 nitrogen and oxygen atoms in total. The van der Waals surface area contributed by atoms with E-state index in [1.165, 1.54) is 13.2 Å². The Morgan fingerprint density at radius 1 is 1.18 bits per heavy atom. The summed E-state index contributed by atoms with van der Waals surface area (Å²) in [6, 6.07) is 6.30. The number of hydrogen-bond donors (Lipinski definition) is 1. The highest BCUT2D eigenvalue weighted by Crippen LogP contribution is 2.32. The largest absolute Gasteiger partial charge is 0.497 e. The zero-order valence-corrected chi connectivity index (χ0v) is 15.7. The van der Waals surface area contributed by atoms with E-state index in [9.17, 15) is 8.78 Å². The number of fused-ring (bicyclic) bond motifs is 1. The van der Waals surface area contributed by atoms with Crippen LogP contribution in [0.25, 0.3) is 22.0 Å². The van der Waals surface area contributed by atoms with Crippen LogP contribution in [0.15, 0.2) is 36.7 Å². The molecule has 0 amide bonds. The van der Waals surface area contributed by atoms with Crippen LogP contribution >= 0.6 is 0 Å². The van der Waals surface area contributed by atoms with E-state index in [1.54, 1.807) is 30.6 Å². The monoisotopic (exact) mass is 385 g/mol. The molecule has 0 bridgehead atoms. The molecule has 1 aliphatic rings. The smallest absolute Gasteiger partial charge is 0.158 e. The molecule has 4 rings (SSSR count). The van der Waals surface area contributed by atoms with Gasteiger partial charge in [0.15, 0.2) is 5.82 Å². The summed E-state index contributed by atoms with van der Waals surface area (Å²) < 4.78 is 33.6. The van der Waals surface area contributed by atoms with Crippen molar-refractivity contribution in [2.24, 2.45) is 0 Å². The maximum atomic E-state index is 14.6. The highest BCUT2D eigenvalue weighted by molar-refractivity contribution is 5.99. The van der Waals surface area contributed by atoms with Crippen molar-refractivity contribution in [3.63, 3.8) is 0 Å². The molecule has 3 heterocycles. The minimum atomic E-state index is -0.888. The Balaban J connectivity index is 1.73. The molecule has 2 aromatic heterocycles. The van der Waals surface area contributed by atoms with E-state index in [-0.39, 0.29) is 6.04 Å². The van der Waals surface area contributed by atoms with Gasteiger partial charge in [-0.1, -0.05) is 0 Å². The molecular formula is C20H21F2N5O. The summed E-state index contributed by atoms with van der Waals surface area (Å²) in [7, 11) is 3.38. The van der Waals surface area contributed by atoms with Crippen LogP contribution in [0.4, 0.5) is 14.6 Å². The Morgan fingerprint density at radius 2 is 2.04 bits per heavy atom. The van der Waals surface area contributed by atoms with Gasteiger partial charge in [0.2, 0.25) is 0 Å². The first-order valence-electron chi connectivity index (χ1n) is 9.08. The van der Waals surface area contributed by atoms with Gasteiger partial charge in [-0.15, -0.1) is 10.2 Å². The minimum absolute atomic E-state index is 0.0879. The van der Waals surface area contributed by atoms with Crippen LogP contribution in [0.5, 0.6) is 5.75 Å². The standard InChI is InChI=1S/C20H21F2N5O/c1-27-10-12(21)7-13(11-27)24-20-17-9-23-6-5-15(17)19(25-26-20)16-4-3-14(28-2)8-18(16)22/h3-6,8-9,12-13H,7,10-11H2,1-2H3,(H,24,26)/t12-,13-/m1/s1. The first kappa shape index (κ1) is 18.5. The van der Waals surface area contributed by atoms with Gasteiger partial charge in [0, 0.05) is 60.3 Å². The number of benzene rings is 1. The summed E-state index contributed by atoms with van der Waals surface area (Å²) in [6.45, 7) is 1.14. The average molecular weight is 385 g/mol. The van der Waals surface area contributed by atoms with E-state index in [4.69, 9.17) is 4.74 Å². The molecule has 146 valence electrons. The fourth-order valence-electron chi connectivity index (χ4n) is 3.66. The van der Waals surface area contributed by atoms with Crippen LogP contribution in [0.2, 0.25) is 0 Å². The number of likely N-dealkylation sites (tertiary alicyclic amines) is 1.